The molecule has 0 saturated carbocycles. The molecule has 6 nitrogen and oxygen atoms in total. The Kier molecular flexibility index (Phi) is 3.87. The van der Waals surface area contributed by atoms with Gasteiger partial charge in [0.05, 0.1) is 11.6 Å². The average Bonchev–Trinajstić information content (AvgIpc) is 2.83. The van der Waals surface area contributed by atoms with Gasteiger partial charge in [-0.15, -0.1) is 0 Å². The lowest BCUT2D eigenvalue weighted by Gasteiger charge is -2.18. The highest BCUT2D eigenvalue weighted by atomic mass is 15.2. The van der Waals surface area contributed by atoms with Crippen LogP contribution in [0, 0.1) is 0 Å². The summed E-state index contributed by atoms with van der Waals surface area (Å²) in [4.78, 5) is 10.7. The maximum absolute atomic E-state index is 4.23. The van der Waals surface area contributed by atoms with Crippen molar-refractivity contribution in [1.29, 1.82) is 0 Å². The van der Waals surface area contributed by atoms with E-state index in [0.29, 0.717) is 0 Å². The van der Waals surface area contributed by atoms with Crippen molar-refractivity contribution in [3.63, 3.8) is 0 Å². The largest absolute Gasteiger partial charge is 0.368 e. The molecule has 0 unspecified atom stereocenters. The minimum Gasteiger partial charge on any atom is -0.368 e. The van der Waals surface area contributed by atoms with Crippen LogP contribution in [0.15, 0.2) is 12.5 Å². The van der Waals surface area contributed by atoms with Crippen LogP contribution in [0.25, 0.3) is 11.0 Å². The van der Waals surface area contributed by atoms with Crippen LogP contribution < -0.4 is 5.32 Å². The van der Waals surface area contributed by atoms with Crippen LogP contribution >= 0.6 is 0 Å². The predicted octanol–water partition coefficient (Wildman–Crippen LogP) is 1.11. The van der Waals surface area contributed by atoms with E-state index >= 15 is 0 Å². The second-order valence-electron chi connectivity index (χ2n) is 3.81. The van der Waals surface area contributed by atoms with E-state index in [1.165, 1.54) is 0 Å². The van der Waals surface area contributed by atoms with E-state index in [4.69, 9.17) is 0 Å². The Morgan fingerprint density at radius 3 is 2.88 bits per heavy atom. The summed E-state index contributed by atoms with van der Waals surface area (Å²) < 4.78 is 0. The highest BCUT2D eigenvalue weighted by molar-refractivity contribution is 5.85. The van der Waals surface area contributed by atoms with Gasteiger partial charge in [-0.3, -0.25) is 5.10 Å². The molecule has 2 rings (SSSR count). The fourth-order valence-electron chi connectivity index (χ4n) is 1.78. The first-order valence-corrected chi connectivity index (χ1v) is 5.95. The number of likely N-dealkylation sites (N-methyl/N-ethyl adjacent to an activating group) is 1. The van der Waals surface area contributed by atoms with Crippen molar-refractivity contribution in [2.45, 2.75) is 13.8 Å². The first kappa shape index (κ1) is 11.8. The highest BCUT2D eigenvalue weighted by Crippen LogP contribution is 2.15. The Hall–Kier alpha value is -1.69. The van der Waals surface area contributed by atoms with Gasteiger partial charge in [0.2, 0.25) is 0 Å². The zero-order chi connectivity index (χ0) is 12.1. The van der Waals surface area contributed by atoms with Crippen molar-refractivity contribution in [3.05, 3.63) is 12.5 Å². The van der Waals surface area contributed by atoms with Crippen LogP contribution in [0.1, 0.15) is 13.8 Å². The topological polar surface area (TPSA) is 69.7 Å². The van der Waals surface area contributed by atoms with Gasteiger partial charge in [-0.2, -0.15) is 5.10 Å². The lowest BCUT2D eigenvalue weighted by atomic mass is 10.4. The minimum atomic E-state index is 0.769. The SMILES string of the molecule is CCN(CC)CCNc1ncnc2[nH]ncc12. The molecule has 0 aromatic carbocycles. The van der Waals surface area contributed by atoms with Crippen LogP contribution in [0.2, 0.25) is 0 Å². The number of fused-ring (bicyclic) bond motifs is 1. The van der Waals surface area contributed by atoms with Crippen molar-refractivity contribution in [1.82, 2.24) is 25.1 Å². The summed E-state index contributed by atoms with van der Waals surface area (Å²) in [5, 5.41) is 11.0. The number of hydrogen-bond acceptors (Lipinski definition) is 5. The molecule has 2 heterocycles. The molecule has 0 radical (unpaired) electrons. The Labute approximate surface area is 100 Å². The van der Waals surface area contributed by atoms with Gasteiger partial charge < -0.3 is 10.2 Å². The van der Waals surface area contributed by atoms with Gasteiger partial charge in [0.25, 0.3) is 0 Å². The summed E-state index contributed by atoms with van der Waals surface area (Å²) in [5.41, 5.74) is 0.769. The second-order valence-corrected chi connectivity index (χ2v) is 3.81. The third-order valence-corrected chi connectivity index (χ3v) is 2.86. The fourth-order valence-corrected chi connectivity index (χ4v) is 1.78. The molecule has 92 valence electrons. The third-order valence-electron chi connectivity index (χ3n) is 2.86. The summed E-state index contributed by atoms with van der Waals surface area (Å²) >= 11 is 0. The maximum Gasteiger partial charge on any atom is 0.160 e. The lowest BCUT2D eigenvalue weighted by Crippen LogP contribution is -2.28. The van der Waals surface area contributed by atoms with E-state index in [9.17, 15) is 0 Å². The molecule has 0 aliphatic heterocycles. The van der Waals surface area contributed by atoms with Crippen molar-refractivity contribution in [3.8, 4) is 0 Å². The number of aromatic amines is 1. The van der Waals surface area contributed by atoms with Gasteiger partial charge in [-0.05, 0) is 13.1 Å². The van der Waals surface area contributed by atoms with E-state index in [0.717, 1.165) is 43.0 Å². The molecule has 0 aliphatic rings. The number of aromatic nitrogens is 4. The summed E-state index contributed by atoms with van der Waals surface area (Å²) in [7, 11) is 0. The maximum atomic E-state index is 4.23. The van der Waals surface area contributed by atoms with Gasteiger partial charge in [0.15, 0.2) is 5.65 Å². The van der Waals surface area contributed by atoms with E-state index in [1.807, 2.05) is 0 Å². The van der Waals surface area contributed by atoms with Crippen molar-refractivity contribution >= 4 is 16.9 Å². The van der Waals surface area contributed by atoms with Gasteiger partial charge in [0, 0.05) is 13.1 Å². The van der Waals surface area contributed by atoms with Gasteiger partial charge in [0.1, 0.15) is 12.1 Å². The number of H-pyrrole nitrogens is 1. The monoisotopic (exact) mass is 234 g/mol. The first-order valence-electron chi connectivity index (χ1n) is 5.95. The summed E-state index contributed by atoms with van der Waals surface area (Å²) in [6.45, 7) is 8.37. The van der Waals surface area contributed by atoms with Crippen molar-refractivity contribution in [2.75, 3.05) is 31.5 Å². The number of anilines is 1. The molecule has 0 bridgehead atoms. The van der Waals surface area contributed by atoms with Gasteiger partial charge in [-0.1, -0.05) is 13.8 Å². The van der Waals surface area contributed by atoms with Crippen LogP contribution in [-0.4, -0.2) is 51.2 Å². The lowest BCUT2D eigenvalue weighted by molar-refractivity contribution is 0.316. The van der Waals surface area contributed by atoms with E-state index < -0.39 is 0 Å². The van der Waals surface area contributed by atoms with Crippen molar-refractivity contribution in [2.24, 2.45) is 0 Å². The number of hydrogen-bond donors (Lipinski definition) is 2. The normalized spacial score (nSPS) is 11.2. The molecule has 0 amide bonds. The summed E-state index contributed by atoms with van der Waals surface area (Å²) in [5.74, 6) is 0.843. The summed E-state index contributed by atoms with van der Waals surface area (Å²) in [6.07, 6.45) is 3.29. The quantitative estimate of drug-likeness (QED) is 0.783. The number of nitrogens with zero attached hydrogens (tertiary/aromatic N) is 4. The predicted molar refractivity (Wildman–Crippen MR) is 68.0 cm³/mol. The van der Waals surface area contributed by atoms with E-state index in [1.54, 1.807) is 12.5 Å². The molecule has 2 aromatic heterocycles. The number of nitrogens with one attached hydrogen (secondary N) is 2. The second kappa shape index (κ2) is 5.58. The zero-order valence-electron chi connectivity index (χ0n) is 10.3. The average molecular weight is 234 g/mol. The van der Waals surface area contributed by atoms with Crippen LogP contribution in [-0.2, 0) is 0 Å². The Morgan fingerprint density at radius 1 is 1.29 bits per heavy atom. The summed E-state index contributed by atoms with van der Waals surface area (Å²) in [6, 6.07) is 0. The standard InChI is InChI=1S/C11H18N6/c1-3-17(4-2)6-5-12-10-9-7-15-16-11(9)14-8-13-10/h7-8H,3-6H2,1-2H3,(H2,12,13,14,15,16). The minimum absolute atomic E-state index is 0.769. The van der Waals surface area contributed by atoms with Crippen LogP contribution in [0.5, 0.6) is 0 Å². The molecule has 2 aromatic rings. The van der Waals surface area contributed by atoms with E-state index in [-0.39, 0.29) is 0 Å². The van der Waals surface area contributed by atoms with E-state index in [2.05, 4.69) is 44.2 Å². The Morgan fingerprint density at radius 2 is 2.12 bits per heavy atom. The zero-order valence-corrected chi connectivity index (χ0v) is 10.3. The fraction of sp³-hybridized carbons (Fsp3) is 0.545. The molecular formula is C11H18N6. The van der Waals surface area contributed by atoms with Gasteiger partial charge in [-0.25, -0.2) is 9.97 Å². The number of rotatable bonds is 6. The molecule has 2 N–H and O–H groups in total. The highest BCUT2D eigenvalue weighted by Gasteiger charge is 2.05. The molecule has 0 atom stereocenters. The molecule has 17 heavy (non-hydrogen) atoms. The van der Waals surface area contributed by atoms with Crippen molar-refractivity contribution < 1.29 is 0 Å². The molecular weight excluding hydrogens is 216 g/mol. The van der Waals surface area contributed by atoms with Crippen LogP contribution in [0.4, 0.5) is 5.82 Å². The first-order chi connectivity index (χ1) is 8.35. The third kappa shape index (κ3) is 2.71. The molecule has 0 saturated heterocycles. The molecule has 0 spiro atoms. The molecule has 6 heteroatoms. The van der Waals surface area contributed by atoms with Gasteiger partial charge >= 0.3 is 0 Å². The smallest absolute Gasteiger partial charge is 0.160 e. The Balaban J connectivity index is 1.97. The molecule has 0 aliphatic carbocycles. The van der Waals surface area contributed by atoms with Crippen LogP contribution in [0.3, 0.4) is 0 Å². The molecule has 0 fully saturated rings. The Bertz CT molecular complexity index is 462.